The van der Waals surface area contributed by atoms with E-state index in [2.05, 4.69) is 10.1 Å². The maximum Gasteiger partial charge on any atom is 0.304 e. The van der Waals surface area contributed by atoms with Gasteiger partial charge in [-0.05, 0) is 37.5 Å². The van der Waals surface area contributed by atoms with Crippen LogP contribution in [-0.4, -0.2) is 40.2 Å². The zero-order valence-corrected chi connectivity index (χ0v) is 19.6. The first-order valence-corrected chi connectivity index (χ1v) is 11.8. The average Bonchev–Trinajstić information content (AvgIpc) is 3.56. The van der Waals surface area contributed by atoms with Gasteiger partial charge in [-0.15, -0.1) is 11.8 Å². The van der Waals surface area contributed by atoms with E-state index < -0.39 is 11.8 Å². The normalized spacial score (nSPS) is 14.0. The van der Waals surface area contributed by atoms with Gasteiger partial charge in [0.1, 0.15) is 12.4 Å². The number of aromatic nitrogens is 2. The summed E-state index contributed by atoms with van der Waals surface area (Å²) in [6.45, 7) is 2.13. The van der Waals surface area contributed by atoms with Crippen molar-refractivity contribution in [1.29, 1.82) is 0 Å². The molecule has 0 bridgehead atoms. The van der Waals surface area contributed by atoms with E-state index in [1.165, 1.54) is 13.2 Å². The van der Waals surface area contributed by atoms with Crippen molar-refractivity contribution in [3.63, 3.8) is 0 Å². The van der Waals surface area contributed by atoms with Gasteiger partial charge in [0, 0.05) is 16.6 Å². The molecule has 180 valence electrons. The lowest BCUT2D eigenvalue weighted by Crippen LogP contribution is -2.05. The molecular weight excluding hydrogens is 463 g/mol. The second-order valence-corrected chi connectivity index (χ2v) is 9.22. The number of pyridine rings is 1. The van der Waals surface area contributed by atoms with E-state index in [4.69, 9.17) is 18.7 Å². The number of thioether (sulfide) groups is 1. The van der Waals surface area contributed by atoms with Crippen LogP contribution in [0, 0.1) is 5.82 Å². The largest absolute Gasteiger partial charge is 0.488 e. The number of carboxylic acids is 1. The molecule has 34 heavy (non-hydrogen) atoms. The number of rotatable bonds is 12. The Labute approximate surface area is 200 Å². The number of carbonyl (C=O) groups is 1. The Morgan fingerprint density at radius 2 is 2.15 bits per heavy atom. The maximum atomic E-state index is 14.4. The molecular formula is C24H25FN2O6S. The van der Waals surface area contributed by atoms with Crippen LogP contribution in [0.4, 0.5) is 4.39 Å². The Morgan fingerprint density at radius 1 is 1.32 bits per heavy atom. The van der Waals surface area contributed by atoms with Crippen molar-refractivity contribution >= 4 is 17.7 Å². The van der Waals surface area contributed by atoms with Crippen molar-refractivity contribution in [3.8, 4) is 28.7 Å². The lowest BCUT2D eigenvalue weighted by Gasteiger charge is -2.16. The van der Waals surface area contributed by atoms with Gasteiger partial charge in [-0.1, -0.05) is 17.3 Å². The Morgan fingerprint density at radius 3 is 2.85 bits per heavy atom. The van der Waals surface area contributed by atoms with Crippen molar-refractivity contribution in [2.45, 2.75) is 43.3 Å². The van der Waals surface area contributed by atoms with Crippen molar-refractivity contribution in [2.24, 2.45) is 0 Å². The van der Waals surface area contributed by atoms with Gasteiger partial charge in [-0.3, -0.25) is 4.79 Å². The van der Waals surface area contributed by atoms with Crippen LogP contribution in [0.25, 0.3) is 11.3 Å². The molecule has 0 radical (unpaired) electrons. The number of nitrogens with zero attached hydrogens (tertiary/aromatic N) is 2. The van der Waals surface area contributed by atoms with E-state index in [1.807, 2.05) is 18.2 Å². The van der Waals surface area contributed by atoms with Gasteiger partial charge in [0.25, 0.3) is 0 Å². The summed E-state index contributed by atoms with van der Waals surface area (Å²) < 4.78 is 36.6. The summed E-state index contributed by atoms with van der Waals surface area (Å²) in [7, 11) is 1.44. The third-order valence-corrected chi connectivity index (χ3v) is 6.76. The molecule has 0 amide bonds. The Balaban J connectivity index is 1.54. The highest BCUT2D eigenvalue weighted by Gasteiger charge is 2.29. The van der Waals surface area contributed by atoms with Gasteiger partial charge in [0.2, 0.25) is 11.6 Å². The van der Waals surface area contributed by atoms with E-state index in [0.29, 0.717) is 23.3 Å². The van der Waals surface area contributed by atoms with Gasteiger partial charge in [0.15, 0.2) is 17.3 Å². The molecule has 8 nitrogen and oxygen atoms in total. The van der Waals surface area contributed by atoms with E-state index in [1.54, 1.807) is 24.8 Å². The fourth-order valence-electron chi connectivity index (χ4n) is 3.37. The van der Waals surface area contributed by atoms with Gasteiger partial charge in [0.05, 0.1) is 31.9 Å². The van der Waals surface area contributed by atoms with Crippen LogP contribution in [0.3, 0.4) is 0 Å². The van der Waals surface area contributed by atoms with Gasteiger partial charge in [-0.2, -0.15) is 0 Å². The smallest absolute Gasteiger partial charge is 0.304 e. The van der Waals surface area contributed by atoms with Crippen LogP contribution in [0.2, 0.25) is 0 Å². The first kappa shape index (κ1) is 23.9. The van der Waals surface area contributed by atoms with Crippen LogP contribution < -0.4 is 14.2 Å². The van der Waals surface area contributed by atoms with Crippen LogP contribution >= 0.6 is 11.8 Å². The summed E-state index contributed by atoms with van der Waals surface area (Å²) in [6.07, 6.45) is 3.33. The Bertz CT molecular complexity index is 1150. The van der Waals surface area contributed by atoms with Crippen LogP contribution in [0.5, 0.6) is 17.4 Å². The lowest BCUT2D eigenvalue weighted by atomic mass is 10.1. The first-order valence-electron chi connectivity index (χ1n) is 10.9. The molecule has 10 heteroatoms. The monoisotopic (exact) mass is 488 g/mol. The van der Waals surface area contributed by atoms with Crippen molar-refractivity contribution < 1.29 is 33.0 Å². The quantitative estimate of drug-likeness (QED) is 0.365. The second kappa shape index (κ2) is 10.8. The zero-order valence-electron chi connectivity index (χ0n) is 18.8. The molecule has 4 rings (SSSR count). The Kier molecular flexibility index (Phi) is 7.56. The van der Waals surface area contributed by atoms with Crippen molar-refractivity contribution in [3.05, 3.63) is 53.6 Å². The third-order valence-electron chi connectivity index (χ3n) is 5.13. The van der Waals surface area contributed by atoms with Gasteiger partial charge < -0.3 is 23.8 Å². The topological polar surface area (TPSA) is 104 Å². The molecule has 2 heterocycles. The molecule has 1 atom stereocenters. The number of carboxylic acid groups (broad SMARTS) is 1. The summed E-state index contributed by atoms with van der Waals surface area (Å²) >= 11 is 1.69. The van der Waals surface area contributed by atoms with E-state index >= 15 is 0 Å². The lowest BCUT2D eigenvalue weighted by molar-refractivity contribution is -0.137. The summed E-state index contributed by atoms with van der Waals surface area (Å²) in [5.74, 6) is -0.247. The SMILES string of the molecule is CCOc1c(COc2cccc(C(CC(=O)O)SC3CC3)c2)noc1-c1cc(OC)ncc1F. The third kappa shape index (κ3) is 5.80. The molecule has 2 aromatic heterocycles. The number of hydrogen-bond acceptors (Lipinski definition) is 8. The minimum absolute atomic E-state index is 0.0193. The molecule has 1 fully saturated rings. The number of ether oxygens (including phenoxy) is 3. The molecule has 1 aliphatic carbocycles. The first-order chi connectivity index (χ1) is 16.5. The van der Waals surface area contributed by atoms with Crippen LogP contribution in [-0.2, 0) is 11.4 Å². The minimum atomic E-state index is -0.832. The fourth-order valence-corrected chi connectivity index (χ4v) is 4.79. The van der Waals surface area contributed by atoms with Crippen molar-refractivity contribution in [2.75, 3.05) is 13.7 Å². The molecule has 3 aromatic rings. The van der Waals surface area contributed by atoms with Crippen LogP contribution in [0.15, 0.2) is 41.1 Å². The molecule has 1 aliphatic rings. The van der Waals surface area contributed by atoms with E-state index in [-0.39, 0.29) is 41.2 Å². The number of methoxy groups -OCH3 is 1. The molecule has 0 aliphatic heterocycles. The highest BCUT2D eigenvalue weighted by atomic mass is 32.2. The molecule has 0 saturated heterocycles. The number of benzene rings is 1. The molecule has 0 spiro atoms. The predicted molar refractivity (Wildman–Crippen MR) is 124 cm³/mol. The molecule has 1 unspecified atom stereocenters. The van der Waals surface area contributed by atoms with Gasteiger partial charge in [-0.25, -0.2) is 9.37 Å². The standard InChI is InChI=1S/C24H25FN2O6S/c1-3-31-24-19(27-33-23(24)17-10-21(30-2)26-12-18(17)25)13-32-15-6-4-5-14(9-15)20(11-22(28)29)34-16-7-8-16/h4-6,9-10,12,16,20H,3,7-8,11,13H2,1-2H3,(H,28,29). The fraction of sp³-hybridized carbons (Fsp3) is 0.375. The average molecular weight is 489 g/mol. The number of hydrogen-bond donors (Lipinski definition) is 1. The minimum Gasteiger partial charge on any atom is -0.488 e. The summed E-state index contributed by atoms with van der Waals surface area (Å²) in [5, 5.41) is 13.7. The zero-order chi connectivity index (χ0) is 24.1. The molecule has 1 aromatic carbocycles. The van der Waals surface area contributed by atoms with Crippen LogP contribution in [0.1, 0.15) is 42.7 Å². The number of aliphatic carboxylic acids is 1. The molecule has 1 saturated carbocycles. The summed E-state index contributed by atoms with van der Waals surface area (Å²) in [6, 6.07) is 8.79. The predicted octanol–water partition coefficient (Wildman–Crippen LogP) is 5.27. The molecule has 1 N–H and O–H groups in total. The number of halogens is 1. The van der Waals surface area contributed by atoms with E-state index in [9.17, 15) is 14.3 Å². The van der Waals surface area contributed by atoms with Gasteiger partial charge >= 0.3 is 5.97 Å². The van der Waals surface area contributed by atoms with Crippen molar-refractivity contribution in [1.82, 2.24) is 10.1 Å². The highest BCUT2D eigenvalue weighted by molar-refractivity contribution is 8.00. The Hall–Kier alpha value is -3.27. The maximum absolute atomic E-state index is 14.4. The van der Waals surface area contributed by atoms with E-state index in [0.717, 1.165) is 24.6 Å². The highest BCUT2D eigenvalue weighted by Crippen LogP contribution is 2.45. The summed E-state index contributed by atoms with van der Waals surface area (Å²) in [4.78, 5) is 15.2. The summed E-state index contributed by atoms with van der Waals surface area (Å²) in [5.41, 5.74) is 1.38. The second-order valence-electron chi connectivity index (χ2n) is 7.71.